The molecule has 2 aromatic heterocycles. The zero-order valence-electron chi connectivity index (χ0n) is 17.4. The van der Waals surface area contributed by atoms with Gasteiger partial charge in [0, 0.05) is 23.5 Å². The van der Waals surface area contributed by atoms with E-state index in [1.807, 2.05) is 25.1 Å². The molecule has 1 fully saturated rings. The van der Waals surface area contributed by atoms with Gasteiger partial charge in [-0.2, -0.15) is 0 Å². The molecule has 4 heterocycles. The summed E-state index contributed by atoms with van der Waals surface area (Å²) in [5.41, 5.74) is 9.77. The van der Waals surface area contributed by atoms with Crippen molar-refractivity contribution in [1.29, 1.82) is 0 Å². The Morgan fingerprint density at radius 2 is 2.23 bits per heavy atom. The maximum absolute atomic E-state index is 12.9. The van der Waals surface area contributed by atoms with Crippen LogP contribution < -0.4 is 21.1 Å². The molecular weight excluding hydrogens is 412 g/mol. The Balaban J connectivity index is 1.30. The molecule has 5 rings (SSSR count). The molecule has 1 aromatic carbocycles. The van der Waals surface area contributed by atoms with Crippen molar-refractivity contribution in [3.05, 3.63) is 52.0 Å². The molecule has 2 aliphatic heterocycles. The Bertz CT molecular complexity index is 1150. The number of rotatable bonds is 3. The highest BCUT2D eigenvalue weighted by molar-refractivity contribution is 7.21. The summed E-state index contributed by atoms with van der Waals surface area (Å²) in [6.07, 6.45) is 1.22. The van der Waals surface area contributed by atoms with Crippen molar-refractivity contribution in [3.63, 3.8) is 0 Å². The normalized spacial score (nSPS) is 23.2. The van der Waals surface area contributed by atoms with Gasteiger partial charge in [-0.1, -0.05) is 12.1 Å². The Hall–Kier alpha value is -2.68. The molecule has 0 bridgehead atoms. The molecule has 8 heteroatoms. The number of aliphatic hydroxyl groups excluding tert-OH is 1. The number of aromatic nitrogens is 1. The zero-order chi connectivity index (χ0) is 21.5. The van der Waals surface area contributed by atoms with Crippen molar-refractivity contribution in [2.45, 2.75) is 37.8 Å². The van der Waals surface area contributed by atoms with Crippen LogP contribution in [-0.4, -0.2) is 47.8 Å². The average molecular weight is 439 g/mol. The van der Waals surface area contributed by atoms with E-state index in [2.05, 4.69) is 27.8 Å². The first-order chi connectivity index (χ1) is 15.0. The number of carbonyl (C=O) groups is 1. The van der Waals surface area contributed by atoms with Gasteiger partial charge < -0.3 is 26.2 Å². The number of hydrogen-bond donors (Lipinski definition) is 4. The number of pyridine rings is 1. The maximum Gasteiger partial charge on any atom is 0.263 e. The number of hydrogen-bond acceptors (Lipinski definition) is 7. The van der Waals surface area contributed by atoms with Gasteiger partial charge in [0.05, 0.1) is 17.8 Å². The maximum atomic E-state index is 12.9. The third-order valence-electron chi connectivity index (χ3n) is 6.15. The Morgan fingerprint density at radius 1 is 1.35 bits per heavy atom. The van der Waals surface area contributed by atoms with Crippen LogP contribution in [0.1, 0.15) is 38.8 Å². The second-order valence-electron chi connectivity index (χ2n) is 8.37. The van der Waals surface area contributed by atoms with Crippen LogP contribution in [-0.2, 0) is 6.42 Å². The van der Waals surface area contributed by atoms with Gasteiger partial charge >= 0.3 is 0 Å². The number of fused-ring (bicyclic) bond motifs is 2. The first kappa shape index (κ1) is 20.2. The van der Waals surface area contributed by atoms with Crippen molar-refractivity contribution in [1.82, 2.24) is 15.6 Å². The van der Waals surface area contributed by atoms with Crippen LogP contribution in [0, 0.1) is 6.92 Å². The highest BCUT2D eigenvalue weighted by Crippen LogP contribution is 2.34. The number of thiophene rings is 1. The number of nitrogens with two attached hydrogens (primary N) is 1. The van der Waals surface area contributed by atoms with Gasteiger partial charge in [-0.15, -0.1) is 11.3 Å². The van der Waals surface area contributed by atoms with Gasteiger partial charge in [0.1, 0.15) is 22.1 Å². The monoisotopic (exact) mass is 438 g/mol. The minimum Gasteiger partial charge on any atom is -0.491 e. The number of ether oxygens (including phenoxy) is 1. The number of anilines is 1. The van der Waals surface area contributed by atoms with E-state index in [1.54, 1.807) is 0 Å². The minimum absolute atomic E-state index is 0.126. The number of aryl methyl sites for hydroxylation is 1. The number of nitrogens with one attached hydrogen (secondary N) is 2. The molecule has 1 amide bonds. The second-order valence-corrected chi connectivity index (χ2v) is 9.37. The van der Waals surface area contributed by atoms with Crippen molar-refractivity contribution in [3.8, 4) is 5.75 Å². The zero-order valence-corrected chi connectivity index (χ0v) is 18.2. The first-order valence-corrected chi connectivity index (χ1v) is 11.4. The van der Waals surface area contributed by atoms with Crippen LogP contribution in [0.15, 0.2) is 30.3 Å². The summed E-state index contributed by atoms with van der Waals surface area (Å²) in [6, 6.07) is 9.86. The van der Waals surface area contributed by atoms with Gasteiger partial charge in [0.2, 0.25) is 0 Å². The number of piperidine rings is 1. The molecule has 3 aromatic rings. The molecule has 7 nitrogen and oxygen atoms in total. The van der Waals surface area contributed by atoms with Gasteiger partial charge in [-0.05, 0) is 55.6 Å². The van der Waals surface area contributed by atoms with E-state index in [-0.39, 0.29) is 24.0 Å². The first-order valence-electron chi connectivity index (χ1n) is 10.6. The van der Waals surface area contributed by atoms with Crippen molar-refractivity contribution in [2.24, 2.45) is 0 Å². The third kappa shape index (κ3) is 3.86. The third-order valence-corrected chi connectivity index (χ3v) is 7.26. The predicted octanol–water partition coefficient (Wildman–Crippen LogP) is 2.36. The molecule has 0 saturated carbocycles. The summed E-state index contributed by atoms with van der Waals surface area (Å²) in [5, 5.41) is 17.4. The summed E-state index contributed by atoms with van der Waals surface area (Å²) in [7, 11) is 0. The second kappa shape index (κ2) is 8.11. The molecule has 0 radical (unpaired) electrons. The fraction of sp³-hybridized carbons (Fsp3) is 0.391. The number of aliphatic hydroxyl groups is 1. The number of carbonyl (C=O) groups excluding carboxylic acids is 1. The van der Waals surface area contributed by atoms with Crippen LogP contribution in [0.4, 0.5) is 5.69 Å². The quantitative estimate of drug-likeness (QED) is 0.500. The Labute approximate surface area is 184 Å². The standard InChI is InChI=1S/C23H26N4O3S/c1-12-2-5-17-20(24)21(31-23(17)26-12)22(29)27-15-8-14-4-3-13(9-19(14)30-11-15)16-6-7-25-10-18(16)28/h2-5,9,15-16,18,25,28H,6-8,10-11,24H2,1H3,(H,27,29)/t15-,16-,18+/m1/s1. The van der Waals surface area contributed by atoms with Crippen molar-refractivity contribution < 1.29 is 14.6 Å². The average Bonchev–Trinajstić information content (AvgIpc) is 3.09. The van der Waals surface area contributed by atoms with E-state index in [9.17, 15) is 9.90 Å². The fourth-order valence-electron chi connectivity index (χ4n) is 4.45. The number of nitrogen functional groups attached to an aromatic ring is 1. The Kier molecular flexibility index (Phi) is 5.29. The van der Waals surface area contributed by atoms with Crippen molar-refractivity contribution >= 4 is 33.1 Å². The van der Waals surface area contributed by atoms with Gasteiger partial charge in [0.15, 0.2) is 0 Å². The van der Waals surface area contributed by atoms with Gasteiger partial charge in [0.25, 0.3) is 5.91 Å². The summed E-state index contributed by atoms with van der Waals surface area (Å²) in [4.78, 5) is 18.7. The summed E-state index contributed by atoms with van der Waals surface area (Å²) in [5.74, 6) is 0.778. The number of β-amino-alcohol motifs (C(OH)–C–C–N with tert-alkyl or cyclic N) is 1. The molecule has 2 aliphatic rings. The van der Waals surface area contributed by atoms with E-state index >= 15 is 0 Å². The summed E-state index contributed by atoms with van der Waals surface area (Å²) < 4.78 is 5.99. The summed E-state index contributed by atoms with van der Waals surface area (Å²) >= 11 is 1.32. The lowest BCUT2D eigenvalue weighted by Crippen LogP contribution is -2.42. The summed E-state index contributed by atoms with van der Waals surface area (Å²) in [6.45, 7) is 3.85. The molecule has 31 heavy (non-hydrogen) atoms. The van der Waals surface area contributed by atoms with Crippen LogP contribution >= 0.6 is 11.3 Å². The number of amides is 1. The SMILES string of the molecule is Cc1ccc2c(N)c(C(=O)N[C@H]3COc4cc([C@H]5CCNC[C@@H]5O)ccc4C3)sc2n1. The van der Waals surface area contributed by atoms with Crippen molar-refractivity contribution in [2.75, 3.05) is 25.4 Å². The van der Waals surface area contributed by atoms with Gasteiger partial charge in [-0.25, -0.2) is 4.98 Å². The lowest BCUT2D eigenvalue weighted by molar-refractivity contribution is 0.0919. The number of nitrogens with zero attached hydrogens (tertiary/aromatic N) is 1. The largest absolute Gasteiger partial charge is 0.491 e. The topological polar surface area (TPSA) is 110 Å². The van der Waals surface area contributed by atoms with E-state index < -0.39 is 0 Å². The molecule has 0 spiro atoms. The predicted molar refractivity (Wildman–Crippen MR) is 122 cm³/mol. The minimum atomic E-state index is -0.382. The fourth-order valence-corrected chi connectivity index (χ4v) is 5.49. The molecule has 0 unspecified atom stereocenters. The molecule has 3 atom stereocenters. The van der Waals surface area contributed by atoms with Crippen LogP contribution in [0.5, 0.6) is 5.75 Å². The van der Waals surface area contributed by atoms with E-state index in [0.717, 1.165) is 45.8 Å². The number of benzene rings is 1. The molecule has 162 valence electrons. The van der Waals surface area contributed by atoms with E-state index in [0.29, 0.717) is 30.1 Å². The molecule has 5 N–H and O–H groups in total. The van der Waals surface area contributed by atoms with E-state index in [1.165, 1.54) is 11.3 Å². The molecule has 0 aliphatic carbocycles. The Morgan fingerprint density at radius 3 is 3.06 bits per heavy atom. The van der Waals surface area contributed by atoms with Crippen LogP contribution in [0.2, 0.25) is 0 Å². The van der Waals surface area contributed by atoms with Crippen LogP contribution in [0.25, 0.3) is 10.2 Å². The van der Waals surface area contributed by atoms with Gasteiger partial charge in [-0.3, -0.25) is 4.79 Å². The lowest BCUT2D eigenvalue weighted by atomic mass is 9.86. The molecule has 1 saturated heterocycles. The highest BCUT2D eigenvalue weighted by atomic mass is 32.1. The van der Waals surface area contributed by atoms with E-state index in [4.69, 9.17) is 10.5 Å². The van der Waals surface area contributed by atoms with Crippen LogP contribution in [0.3, 0.4) is 0 Å². The lowest BCUT2D eigenvalue weighted by Gasteiger charge is -2.31. The molecular formula is C23H26N4O3S. The highest BCUT2D eigenvalue weighted by Gasteiger charge is 2.28. The smallest absolute Gasteiger partial charge is 0.263 e.